The summed E-state index contributed by atoms with van der Waals surface area (Å²) >= 11 is 0. The number of rotatable bonds is 1. The first-order chi connectivity index (χ1) is 7.78. The van der Waals surface area contributed by atoms with Gasteiger partial charge >= 0.3 is 0 Å². The SMILES string of the molecule is CC(C)(C)C(=O)NC1(O)CC2CCN(CC2)C1. The van der Waals surface area contributed by atoms with Crippen LogP contribution in [0.5, 0.6) is 0 Å². The molecule has 2 bridgehead atoms. The third-order valence-corrected chi connectivity index (χ3v) is 3.85. The van der Waals surface area contributed by atoms with Crippen LogP contribution in [0.15, 0.2) is 0 Å². The highest BCUT2D eigenvalue weighted by Crippen LogP contribution is 2.31. The summed E-state index contributed by atoms with van der Waals surface area (Å²) in [6.45, 7) is 8.30. The lowest BCUT2D eigenvalue weighted by Crippen LogP contribution is -2.56. The number of carbonyl (C=O) groups excluding carboxylic acids is 1. The third-order valence-electron chi connectivity index (χ3n) is 3.85. The molecule has 3 rings (SSSR count). The number of piperidine rings is 1. The number of amides is 1. The molecule has 0 aliphatic carbocycles. The first-order valence-corrected chi connectivity index (χ1v) is 6.56. The Bertz CT molecular complexity index is 287. The van der Waals surface area contributed by atoms with Crippen LogP contribution in [-0.2, 0) is 4.79 Å². The van der Waals surface area contributed by atoms with E-state index in [4.69, 9.17) is 0 Å². The lowest BCUT2D eigenvalue weighted by molar-refractivity contribution is -0.137. The van der Waals surface area contributed by atoms with Crippen molar-refractivity contribution in [2.45, 2.75) is 45.8 Å². The summed E-state index contributed by atoms with van der Waals surface area (Å²) in [5.74, 6) is 0.488. The third kappa shape index (κ3) is 2.99. The van der Waals surface area contributed by atoms with Crippen LogP contribution >= 0.6 is 0 Å². The molecule has 4 nitrogen and oxygen atoms in total. The van der Waals surface area contributed by atoms with Gasteiger partial charge < -0.3 is 10.4 Å². The van der Waals surface area contributed by atoms with Gasteiger partial charge in [-0.05, 0) is 38.3 Å². The van der Waals surface area contributed by atoms with Crippen molar-refractivity contribution in [1.82, 2.24) is 10.2 Å². The maximum absolute atomic E-state index is 12.0. The van der Waals surface area contributed by atoms with Crippen LogP contribution in [0.25, 0.3) is 0 Å². The topological polar surface area (TPSA) is 52.6 Å². The molecule has 0 saturated carbocycles. The molecule has 1 unspecified atom stereocenters. The fourth-order valence-corrected chi connectivity index (χ4v) is 2.75. The maximum atomic E-state index is 12.0. The molecule has 2 N–H and O–H groups in total. The fourth-order valence-electron chi connectivity index (χ4n) is 2.75. The number of carbonyl (C=O) groups is 1. The predicted octanol–water partition coefficient (Wildman–Crippen LogP) is 0.953. The molecule has 3 heterocycles. The highest BCUT2D eigenvalue weighted by Gasteiger charge is 2.41. The standard InChI is InChI=1S/C13H24N2O2/c1-12(2,3)11(16)14-13(17)8-10-4-6-15(9-13)7-5-10/h10,17H,4-9H2,1-3H3,(H,14,16). The number of hydrogen-bond acceptors (Lipinski definition) is 3. The van der Waals surface area contributed by atoms with E-state index in [1.807, 2.05) is 20.8 Å². The van der Waals surface area contributed by atoms with Crippen molar-refractivity contribution in [2.75, 3.05) is 19.6 Å². The van der Waals surface area contributed by atoms with Crippen molar-refractivity contribution in [3.63, 3.8) is 0 Å². The lowest BCUT2D eigenvalue weighted by Gasteiger charge is -2.33. The molecule has 3 saturated heterocycles. The van der Waals surface area contributed by atoms with Crippen molar-refractivity contribution in [3.05, 3.63) is 0 Å². The minimum absolute atomic E-state index is 0.0671. The molecule has 3 fully saturated rings. The number of fused-ring (bicyclic) bond motifs is 4. The molecule has 0 radical (unpaired) electrons. The van der Waals surface area contributed by atoms with E-state index < -0.39 is 11.1 Å². The first kappa shape index (κ1) is 12.8. The van der Waals surface area contributed by atoms with Crippen LogP contribution in [0.1, 0.15) is 40.0 Å². The molecule has 0 aromatic rings. The Balaban J connectivity index is 2.06. The summed E-state index contributed by atoms with van der Waals surface area (Å²) in [5, 5.41) is 13.4. The molecule has 3 aliphatic heterocycles. The number of nitrogens with one attached hydrogen (secondary N) is 1. The van der Waals surface area contributed by atoms with Gasteiger partial charge in [-0.15, -0.1) is 0 Å². The molecule has 17 heavy (non-hydrogen) atoms. The van der Waals surface area contributed by atoms with Gasteiger partial charge in [0.05, 0.1) is 0 Å². The smallest absolute Gasteiger partial charge is 0.227 e. The van der Waals surface area contributed by atoms with E-state index >= 15 is 0 Å². The average Bonchev–Trinajstić information content (AvgIpc) is 2.43. The predicted molar refractivity (Wildman–Crippen MR) is 66.3 cm³/mol. The zero-order valence-electron chi connectivity index (χ0n) is 11.1. The fraction of sp³-hybridized carbons (Fsp3) is 0.923. The highest BCUT2D eigenvalue weighted by atomic mass is 16.3. The van der Waals surface area contributed by atoms with Crippen molar-refractivity contribution in [3.8, 4) is 0 Å². The molecule has 1 atom stereocenters. The monoisotopic (exact) mass is 240 g/mol. The van der Waals surface area contributed by atoms with Crippen molar-refractivity contribution >= 4 is 5.91 Å². The van der Waals surface area contributed by atoms with E-state index in [9.17, 15) is 9.90 Å². The van der Waals surface area contributed by atoms with Gasteiger partial charge in [0.1, 0.15) is 0 Å². The Morgan fingerprint density at radius 1 is 1.35 bits per heavy atom. The second-order valence-corrected chi connectivity index (χ2v) is 6.66. The normalized spacial score (nSPS) is 37.6. The van der Waals surface area contributed by atoms with E-state index in [-0.39, 0.29) is 5.91 Å². The van der Waals surface area contributed by atoms with Crippen LogP contribution in [0, 0.1) is 11.3 Å². The Morgan fingerprint density at radius 2 is 1.94 bits per heavy atom. The van der Waals surface area contributed by atoms with Gasteiger partial charge in [-0.3, -0.25) is 9.69 Å². The summed E-state index contributed by atoms with van der Waals surface area (Å²) < 4.78 is 0. The Kier molecular flexibility index (Phi) is 3.21. The van der Waals surface area contributed by atoms with E-state index in [0.29, 0.717) is 18.9 Å². The average molecular weight is 240 g/mol. The number of aliphatic hydroxyl groups is 1. The van der Waals surface area contributed by atoms with Crippen LogP contribution in [-0.4, -0.2) is 41.3 Å². The van der Waals surface area contributed by atoms with E-state index in [0.717, 1.165) is 25.9 Å². The Hall–Kier alpha value is -0.610. The van der Waals surface area contributed by atoms with Gasteiger partial charge in [0, 0.05) is 12.0 Å². The van der Waals surface area contributed by atoms with Crippen molar-refractivity contribution < 1.29 is 9.90 Å². The van der Waals surface area contributed by atoms with Crippen LogP contribution in [0.3, 0.4) is 0 Å². The molecule has 0 aromatic heterocycles. The van der Waals surface area contributed by atoms with Crippen LogP contribution in [0.4, 0.5) is 0 Å². The second-order valence-electron chi connectivity index (χ2n) is 6.66. The Morgan fingerprint density at radius 3 is 2.47 bits per heavy atom. The summed E-state index contributed by atoms with van der Waals surface area (Å²) in [7, 11) is 0. The summed E-state index contributed by atoms with van der Waals surface area (Å²) in [6.07, 6.45) is 2.99. The first-order valence-electron chi connectivity index (χ1n) is 6.56. The Labute approximate surface area is 103 Å². The number of hydrogen-bond donors (Lipinski definition) is 2. The molecule has 0 aromatic carbocycles. The van der Waals surface area contributed by atoms with Crippen LogP contribution in [0.2, 0.25) is 0 Å². The zero-order chi connectivity index (χ0) is 12.7. The van der Waals surface area contributed by atoms with Gasteiger partial charge in [-0.25, -0.2) is 0 Å². The van der Waals surface area contributed by atoms with Gasteiger partial charge in [0.15, 0.2) is 5.72 Å². The highest BCUT2D eigenvalue weighted by molar-refractivity contribution is 5.81. The minimum atomic E-state index is -1.03. The number of nitrogens with zero attached hydrogens (tertiary/aromatic N) is 1. The molecular formula is C13H24N2O2. The molecule has 1 amide bonds. The molecule has 0 spiro atoms. The van der Waals surface area contributed by atoms with Gasteiger partial charge in [-0.2, -0.15) is 0 Å². The van der Waals surface area contributed by atoms with Crippen LogP contribution < -0.4 is 5.32 Å². The van der Waals surface area contributed by atoms with Gasteiger partial charge in [-0.1, -0.05) is 20.8 Å². The van der Waals surface area contributed by atoms with E-state index in [1.165, 1.54) is 0 Å². The summed E-state index contributed by atoms with van der Waals surface area (Å²) in [4.78, 5) is 14.3. The summed E-state index contributed by atoms with van der Waals surface area (Å²) in [5.41, 5.74) is -1.47. The quantitative estimate of drug-likeness (QED) is 0.671. The maximum Gasteiger partial charge on any atom is 0.227 e. The molecule has 3 aliphatic rings. The van der Waals surface area contributed by atoms with Crippen molar-refractivity contribution in [2.24, 2.45) is 11.3 Å². The van der Waals surface area contributed by atoms with Gasteiger partial charge in [0.25, 0.3) is 0 Å². The van der Waals surface area contributed by atoms with E-state index in [1.54, 1.807) is 0 Å². The van der Waals surface area contributed by atoms with E-state index in [2.05, 4.69) is 10.2 Å². The zero-order valence-corrected chi connectivity index (χ0v) is 11.1. The lowest BCUT2D eigenvalue weighted by atomic mass is 9.90. The minimum Gasteiger partial charge on any atom is -0.370 e. The largest absolute Gasteiger partial charge is 0.370 e. The second kappa shape index (κ2) is 4.25. The van der Waals surface area contributed by atoms with Gasteiger partial charge in [0.2, 0.25) is 5.91 Å². The van der Waals surface area contributed by atoms with Crippen molar-refractivity contribution in [1.29, 1.82) is 0 Å². The molecule has 98 valence electrons. The molecule has 4 heteroatoms. The summed E-state index contributed by atoms with van der Waals surface area (Å²) in [6, 6.07) is 0. The molecular weight excluding hydrogens is 216 g/mol.